The molecule has 3 aromatic carbocycles. The smallest absolute Gasteiger partial charge is 0.131 e. The van der Waals surface area contributed by atoms with Crippen molar-refractivity contribution in [3.63, 3.8) is 0 Å². The standard InChI is InChI=1S/C15H10FNO/c16-14-9-10-5-1-2-6-11(10)15(17-18)13-8-4-3-7-12(13)14/h1-9,18H. The Kier molecular flexibility index (Phi) is 2.45. The maximum Gasteiger partial charge on any atom is 0.131 e. The largest absolute Gasteiger partial charge is 0.410 e. The van der Waals surface area contributed by atoms with E-state index in [1.54, 1.807) is 30.3 Å². The second-order valence-electron chi connectivity index (χ2n) is 4.07. The van der Waals surface area contributed by atoms with E-state index in [0.717, 1.165) is 5.39 Å². The minimum atomic E-state index is -0.322. The van der Waals surface area contributed by atoms with Crippen molar-refractivity contribution >= 4 is 21.5 Å². The molecule has 3 heteroatoms. The van der Waals surface area contributed by atoms with E-state index in [2.05, 4.69) is 5.16 Å². The molecule has 88 valence electrons. The summed E-state index contributed by atoms with van der Waals surface area (Å²) in [7, 11) is 0. The van der Waals surface area contributed by atoms with Crippen LogP contribution in [0.25, 0.3) is 21.5 Å². The predicted molar refractivity (Wildman–Crippen MR) is 68.8 cm³/mol. The van der Waals surface area contributed by atoms with Crippen LogP contribution in [0.2, 0.25) is 0 Å². The van der Waals surface area contributed by atoms with Gasteiger partial charge < -0.3 is 5.21 Å². The Balaban J connectivity index is 2.76. The summed E-state index contributed by atoms with van der Waals surface area (Å²) in [5.41, 5.74) is 0. The first kappa shape index (κ1) is 10.7. The number of fused-ring (bicyclic) bond motifs is 2. The van der Waals surface area contributed by atoms with Gasteiger partial charge in [-0.1, -0.05) is 53.7 Å². The van der Waals surface area contributed by atoms with Gasteiger partial charge >= 0.3 is 0 Å². The number of rotatable bonds is 0. The number of halogens is 1. The van der Waals surface area contributed by atoms with Gasteiger partial charge in [-0.05, 0) is 11.5 Å². The van der Waals surface area contributed by atoms with E-state index in [1.165, 1.54) is 6.07 Å². The van der Waals surface area contributed by atoms with Gasteiger partial charge in [-0.15, -0.1) is 0 Å². The molecule has 0 aromatic heterocycles. The Labute approximate surface area is 103 Å². The zero-order valence-corrected chi connectivity index (χ0v) is 9.47. The lowest BCUT2D eigenvalue weighted by Gasteiger charge is -1.93. The Morgan fingerprint density at radius 3 is 2.17 bits per heavy atom. The first-order valence-electron chi connectivity index (χ1n) is 5.59. The fourth-order valence-corrected chi connectivity index (χ4v) is 2.20. The summed E-state index contributed by atoms with van der Waals surface area (Å²) in [6.07, 6.45) is 0. The summed E-state index contributed by atoms with van der Waals surface area (Å²) in [6.45, 7) is 0. The molecule has 0 unspecified atom stereocenters. The Hall–Kier alpha value is -2.42. The molecule has 0 aliphatic carbocycles. The molecule has 0 bridgehead atoms. The fraction of sp³-hybridized carbons (Fsp3) is 0. The van der Waals surface area contributed by atoms with Crippen molar-refractivity contribution in [3.05, 3.63) is 65.8 Å². The molecule has 0 radical (unpaired) electrons. The van der Waals surface area contributed by atoms with Gasteiger partial charge in [-0.25, -0.2) is 4.39 Å². The van der Waals surface area contributed by atoms with Crippen LogP contribution >= 0.6 is 0 Å². The SMILES string of the molecule is ON=c1c2ccccc2cc(F)c2ccccc12. The lowest BCUT2D eigenvalue weighted by molar-refractivity contribution is 0.304. The predicted octanol–water partition coefficient (Wildman–Crippen LogP) is 3.42. The van der Waals surface area contributed by atoms with Gasteiger partial charge in [-0.3, -0.25) is 0 Å². The van der Waals surface area contributed by atoms with Crippen LogP contribution < -0.4 is 5.36 Å². The Morgan fingerprint density at radius 1 is 0.833 bits per heavy atom. The van der Waals surface area contributed by atoms with Crippen molar-refractivity contribution in [1.29, 1.82) is 0 Å². The third-order valence-electron chi connectivity index (χ3n) is 3.04. The molecule has 3 aromatic rings. The number of hydrogen-bond donors (Lipinski definition) is 1. The monoisotopic (exact) mass is 239 g/mol. The van der Waals surface area contributed by atoms with Crippen molar-refractivity contribution in [2.24, 2.45) is 5.16 Å². The minimum absolute atomic E-state index is 0.322. The van der Waals surface area contributed by atoms with E-state index in [4.69, 9.17) is 0 Å². The summed E-state index contributed by atoms with van der Waals surface area (Å²) >= 11 is 0. The van der Waals surface area contributed by atoms with Crippen molar-refractivity contribution in [2.75, 3.05) is 0 Å². The molecule has 0 atom stereocenters. The molecule has 0 spiro atoms. The van der Waals surface area contributed by atoms with Crippen LogP contribution in [-0.2, 0) is 0 Å². The van der Waals surface area contributed by atoms with Crippen molar-refractivity contribution in [1.82, 2.24) is 0 Å². The molecule has 0 fully saturated rings. The summed E-state index contributed by atoms with van der Waals surface area (Å²) in [6, 6.07) is 15.7. The van der Waals surface area contributed by atoms with Gasteiger partial charge in [0.15, 0.2) is 0 Å². The quantitative estimate of drug-likeness (QED) is 0.473. The molecule has 2 nitrogen and oxygen atoms in total. The molecular formula is C15H10FNO. The molecular weight excluding hydrogens is 229 g/mol. The van der Waals surface area contributed by atoms with Crippen molar-refractivity contribution in [2.45, 2.75) is 0 Å². The van der Waals surface area contributed by atoms with Crippen LogP contribution in [0.15, 0.2) is 59.8 Å². The van der Waals surface area contributed by atoms with Crippen LogP contribution in [0.3, 0.4) is 0 Å². The molecule has 0 heterocycles. The van der Waals surface area contributed by atoms with Gasteiger partial charge in [0, 0.05) is 16.2 Å². The van der Waals surface area contributed by atoms with Crippen LogP contribution in [0, 0.1) is 5.82 Å². The van der Waals surface area contributed by atoms with E-state index in [1.807, 2.05) is 18.2 Å². The Bertz CT molecular complexity index is 812. The third kappa shape index (κ3) is 1.52. The average Bonchev–Trinajstić information content (AvgIpc) is 2.53. The average molecular weight is 239 g/mol. The molecule has 0 aliphatic rings. The first-order valence-corrected chi connectivity index (χ1v) is 5.59. The van der Waals surface area contributed by atoms with E-state index < -0.39 is 0 Å². The molecule has 3 rings (SSSR count). The molecule has 0 amide bonds. The lowest BCUT2D eigenvalue weighted by atomic mass is 10.1. The third-order valence-corrected chi connectivity index (χ3v) is 3.04. The minimum Gasteiger partial charge on any atom is -0.410 e. The second kappa shape index (κ2) is 4.11. The topological polar surface area (TPSA) is 32.6 Å². The fourth-order valence-electron chi connectivity index (χ4n) is 2.20. The molecule has 0 saturated heterocycles. The van der Waals surface area contributed by atoms with Crippen molar-refractivity contribution < 1.29 is 9.60 Å². The van der Waals surface area contributed by atoms with E-state index in [-0.39, 0.29) is 5.82 Å². The van der Waals surface area contributed by atoms with E-state index in [0.29, 0.717) is 21.5 Å². The van der Waals surface area contributed by atoms with Crippen LogP contribution in [0.1, 0.15) is 0 Å². The first-order chi connectivity index (χ1) is 8.81. The number of benzene rings is 2. The highest BCUT2D eigenvalue weighted by atomic mass is 19.1. The van der Waals surface area contributed by atoms with Crippen LogP contribution in [-0.4, -0.2) is 5.21 Å². The van der Waals surface area contributed by atoms with Gasteiger partial charge in [0.25, 0.3) is 0 Å². The normalized spacial score (nSPS) is 12.2. The molecule has 1 N–H and O–H groups in total. The molecule has 0 aliphatic heterocycles. The summed E-state index contributed by atoms with van der Waals surface area (Å²) in [5, 5.41) is 15.4. The highest BCUT2D eigenvalue weighted by Gasteiger charge is 2.05. The highest BCUT2D eigenvalue weighted by Crippen LogP contribution is 2.18. The number of hydrogen-bond acceptors (Lipinski definition) is 2. The van der Waals surface area contributed by atoms with Crippen LogP contribution in [0.4, 0.5) is 4.39 Å². The van der Waals surface area contributed by atoms with Gasteiger partial charge in [-0.2, -0.15) is 0 Å². The maximum absolute atomic E-state index is 14.1. The number of nitrogens with zero attached hydrogens (tertiary/aromatic N) is 1. The summed E-state index contributed by atoms with van der Waals surface area (Å²) in [4.78, 5) is 0. The van der Waals surface area contributed by atoms with Crippen molar-refractivity contribution in [3.8, 4) is 0 Å². The van der Waals surface area contributed by atoms with Gasteiger partial charge in [0.1, 0.15) is 11.2 Å². The maximum atomic E-state index is 14.1. The second-order valence-corrected chi connectivity index (χ2v) is 4.07. The summed E-state index contributed by atoms with van der Waals surface area (Å²) < 4.78 is 14.1. The van der Waals surface area contributed by atoms with E-state index in [9.17, 15) is 9.60 Å². The molecule has 18 heavy (non-hydrogen) atoms. The van der Waals surface area contributed by atoms with Crippen LogP contribution in [0.5, 0.6) is 0 Å². The zero-order valence-electron chi connectivity index (χ0n) is 9.47. The lowest BCUT2D eigenvalue weighted by Crippen LogP contribution is -2.01. The highest BCUT2D eigenvalue weighted by molar-refractivity contribution is 5.93. The summed E-state index contributed by atoms with van der Waals surface area (Å²) in [5.74, 6) is -0.322. The Morgan fingerprint density at radius 2 is 1.44 bits per heavy atom. The molecule has 0 saturated carbocycles. The van der Waals surface area contributed by atoms with Gasteiger partial charge in [0.2, 0.25) is 0 Å². The zero-order chi connectivity index (χ0) is 12.5. The van der Waals surface area contributed by atoms with Gasteiger partial charge in [0.05, 0.1) is 0 Å². The van der Waals surface area contributed by atoms with E-state index >= 15 is 0 Å².